The van der Waals surface area contributed by atoms with Crippen LogP contribution in [0.5, 0.6) is 0 Å². The van der Waals surface area contributed by atoms with Gasteiger partial charge in [-0.1, -0.05) is 23.9 Å². The molecule has 1 aliphatic rings. The highest BCUT2D eigenvalue weighted by molar-refractivity contribution is 8.03. The van der Waals surface area contributed by atoms with Gasteiger partial charge >= 0.3 is 5.97 Å². The number of rotatable bonds is 5. The molecule has 0 saturated carbocycles. The van der Waals surface area contributed by atoms with E-state index in [-0.39, 0.29) is 4.90 Å². The highest BCUT2D eigenvalue weighted by atomic mass is 32.2. The minimum Gasteiger partial charge on any atom is -0.465 e. The third-order valence-corrected chi connectivity index (χ3v) is 7.40. The highest BCUT2D eigenvalue weighted by Gasteiger charge is 2.25. The van der Waals surface area contributed by atoms with Crippen molar-refractivity contribution in [3.63, 3.8) is 0 Å². The number of benzene rings is 2. The summed E-state index contributed by atoms with van der Waals surface area (Å²) in [5, 5.41) is 0.882. The Hall–Kier alpha value is -3.40. The molecule has 0 radical (unpaired) electrons. The topological polar surface area (TPSA) is 87.8 Å². The molecule has 7 nitrogen and oxygen atoms in total. The molecule has 1 aliphatic heterocycles. The quantitative estimate of drug-likeness (QED) is 0.323. The number of esters is 1. The van der Waals surface area contributed by atoms with Gasteiger partial charge in [-0.25, -0.2) is 9.36 Å². The summed E-state index contributed by atoms with van der Waals surface area (Å²) in [6.07, 6.45) is 7.97. The molecule has 0 saturated heterocycles. The Kier molecular flexibility index (Phi) is 6.60. The number of carbonyl (C=O) groups is 1. The Morgan fingerprint density at radius 2 is 1.71 bits per heavy atom. The molecular weight excluding hydrogens is 472 g/mol. The standard InChI is InChI=1S/C25H22N2O5S2/c1-26-12-10-17(11-13-26)14-20(18-4-6-19(7-5-18)25(28)32-3)15-24-27(2)22-16-21(34(29,30)31)8-9-23(22)33-24/h4-16H,1-3H3/p+1. The van der Waals surface area contributed by atoms with E-state index in [0.29, 0.717) is 11.3 Å². The molecule has 2 aromatic carbocycles. The van der Waals surface area contributed by atoms with Crippen LogP contribution >= 0.6 is 11.8 Å². The van der Waals surface area contributed by atoms with Crippen molar-refractivity contribution in [3.8, 4) is 0 Å². The number of nitrogens with zero attached hydrogens (tertiary/aromatic N) is 2. The van der Waals surface area contributed by atoms with Gasteiger partial charge in [-0.3, -0.25) is 4.55 Å². The summed E-state index contributed by atoms with van der Waals surface area (Å²) in [5.41, 5.74) is 3.96. The fraction of sp³-hybridized carbons (Fsp3) is 0.120. The molecule has 0 unspecified atom stereocenters. The predicted molar refractivity (Wildman–Crippen MR) is 132 cm³/mol. The molecule has 0 aliphatic carbocycles. The van der Waals surface area contributed by atoms with Gasteiger partial charge in [-0.05, 0) is 59.2 Å². The lowest BCUT2D eigenvalue weighted by atomic mass is 10.0. The number of pyridine rings is 1. The molecule has 3 aromatic rings. The molecular formula is C25H23N2O5S2+. The van der Waals surface area contributed by atoms with Crippen LogP contribution in [0.4, 0.5) is 5.69 Å². The zero-order valence-corrected chi connectivity index (χ0v) is 20.4. The van der Waals surface area contributed by atoms with Crippen LogP contribution in [-0.2, 0) is 21.9 Å². The number of thioether (sulfide) groups is 1. The van der Waals surface area contributed by atoms with Crippen LogP contribution < -0.4 is 9.47 Å². The minimum atomic E-state index is -4.30. The van der Waals surface area contributed by atoms with E-state index in [4.69, 9.17) is 4.74 Å². The monoisotopic (exact) mass is 495 g/mol. The number of ether oxygens (including phenoxy) is 1. The Bertz CT molecular complexity index is 1410. The number of fused-ring (bicyclic) bond motifs is 1. The number of allylic oxidation sites excluding steroid dienone is 2. The molecule has 9 heteroatoms. The lowest BCUT2D eigenvalue weighted by Crippen LogP contribution is -2.25. The summed E-state index contributed by atoms with van der Waals surface area (Å²) in [6, 6.07) is 15.7. The third kappa shape index (κ3) is 5.06. The van der Waals surface area contributed by atoms with E-state index < -0.39 is 16.1 Å². The molecule has 0 atom stereocenters. The van der Waals surface area contributed by atoms with Crippen molar-refractivity contribution >= 4 is 45.2 Å². The maximum Gasteiger partial charge on any atom is 0.337 e. The average Bonchev–Trinajstić information content (AvgIpc) is 3.13. The second kappa shape index (κ2) is 9.46. The van der Waals surface area contributed by atoms with Gasteiger partial charge in [-0.15, -0.1) is 0 Å². The molecule has 0 spiro atoms. The summed E-state index contributed by atoms with van der Waals surface area (Å²) in [6.45, 7) is 0. The number of methoxy groups -OCH3 is 1. The number of carbonyl (C=O) groups excluding carboxylic acids is 1. The molecule has 0 bridgehead atoms. The van der Waals surface area contributed by atoms with E-state index in [0.717, 1.165) is 26.6 Å². The van der Waals surface area contributed by atoms with Crippen molar-refractivity contribution in [2.75, 3.05) is 19.1 Å². The number of anilines is 1. The largest absolute Gasteiger partial charge is 0.465 e. The molecule has 0 fully saturated rings. The maximum absolute atomic E-state index is 11.8. The SMILES string of the molecule is COC(=O)c1ccc(C(=Cc2cc[n+](C)cc2)C=C2Sc3ccc(S(=O)(=O)O)cc3N2C)cc1. The lowest BCUT2D eigenvalue weighted by Gasteiger charge is -2.15. The molecule has 1 N–H and O–H groups in total. The van der Waals surface area contributed by atoms with Gasteiger partial charge in [0.05, 0.1) is 28.3 Å². The van der Waals surface area contributed by atoms with Crippen molar-refractivity contribution in [2.45, 2.75) is 9.79 Å². The zero-order chi connectivity index (χ0) is 24.5. The third-order valence-electron chi connectivity index (χ3n) is 5.38. The van der Waals surface area contributed by atoms with Crippen LogP contribution in [0.15, 0.2) is 87.9 Å². The summed E-state index contributed by atoms with van der Waals surface area (Å²) in [4.78, 5) is 14.5. The van der Waals surface area contributed by atoms with Crippen molar-refractivity contribution in [1.29, 1.82) is 0 Å². The van der Waals surface area contributed by atoms with E-state index in [1.807, 2.05) is 72.4 Å². The molecule has 1 aromatic heterocycles. The predicted octanol–water partition coefficient (Wildman–Crippen LogP) is 4.17. The van der Waals surface area contributed by atoms with Gasteiger partial charge in [-0.2, -0.15) is 8.42 Å². The Labute approximate surface area is 202 Å². The Balaban J connectivity index is 1.76. The molecule has 174 valence electrons. The second-order valence-corrected chi connectivity index (χ2v) is 10.2. The van der Waals surface area contributed by atoms with Crippen LogP contribution in [0, 0.1) is 0 Å². The summed E-state index contributed by atoms with van der Waals surface area (Å²) in [5.74, 6) is -0.401. The number of aromatic nitrogens is 1. The Morgan fingerprint density at radius 3 is 2.32 bits per heavy atom. The number of aryl methyl sites for hydroxylation is 1. The van der Waals surface area contributed by atoms with Crippen molar-refractivity contribution < 1.29 is 27.1 Å². The van der Waals surface area contributed by atoms with E-state index >= 15 is 0 Å². The maximum atomic E-state index is 11.8. The van der Waals surface area contributed by atoms with Crippen molar-refractivity contribution in [2.24, 2.45) is 7.05 Å². The van der Waals surface area contributed by atoms with Crippen LogP contribution in [0.25, 0.3) is 11.6 Å². The summed E-state index contributed by atoms with van der Waals surface area (Å²) >= 11 is 1.50. The molecule has 4 rings (SSSR count). The van der Waals surface area contributed by atoms with Crippen LogP contribution in [0.3, 0.4) is 0 Å². The number of hydrogen-bond acceptors (Lipinski definition) is 6. The first kappa shape index (κ1) is 23.7. The van der Waals surface area contributed by atoms with Crippen molar-refractivity contribution in [1.82, 2.24) is 0 Å². The first-order valence-electron chi connectivity index (χ1n) is 10.3. The zero-order valence-electron chi connectivity index (χ0n) is 18.8. The highest BCUT2D eigenvalue weighted by Crippen LogP contribution is 2.46. The van der Waals surface area contributed by atoms with Crippen LogP contribution in [-0.4, -0.2) is 33.1 Å². The summed E-state index contributed by atoms with van der Waals surface area (Å²) < 4.78 is 39.3. The van der Waals surface area contributed by atoms with E-state index in [1.54, 1.807) is 18.2 Å². The first-order valence-corrected chi connectivity index (χ1v) is 12.5. The van der Waals surface area contributed by atoms with Crippen LogP contribution in [0.2, 0.25) is 0 Å². The first-order chi connectivity index (χ1) is 16.2. The minimum absolute atomic E-state index is 0.147. The molecule has 34 heavy (non-hydrogen) atoms. The lowest BCUT2D eigenvalue weighted by molar-refractivity contribution is -0.671. The van der Waals surface area contributed by atoms with Gasteiger partial charge < -0.3 is 9.64 Å². The second-order valence-electron chi connectivity index (χ2n) is 7.71. The summed E-state index contributed by atoms with van der Waals surface area (Å²) in [7, 11) is 0.846. The smallest absolute Gasteiger partial charge is 0.337 e. The molecule has 0 amide bonds. The van der Waals surface area contributed by atoms with Crippen LogP contribution in [0.1, 0.15) is 21.5 Å². The number of hydrogen-bond donors (Lipinski definition) is 1. The van der Waals surface area contributed by atoms with Gasteiger partial charge in [0.15, 0.2) is 12.4 Å². The normalized spacial score (nSPS) is 14.9. The van der Waals surface area contributed by atoms with E-state index in [1.165, 1.54) is 31.0 Å². The van der Waals surface area contributed by atoms with E-state index in [9.17, 15) is 17.8 Å². The molecule has 2 heterocycles. The van der Waals surface area contributed by atoms with E-state index in [2.05, 4.69) is 0 Å². The van der Waals surface area contributed by atoms with Gasteiger partial charge in [0, 0.05) is 24.1 Å². The average molecular weight is 496 g/mol. The fourth-order valence-electron chi connectivity index (χ4n) is 3.48. The van der Waals surface area contributed by atoms with Gasteiger partial charge in [0.1, 0.15) is 7.05 Å². The van der Waals surface area contributed by atoms with Crippen molar-refractivity contribution in [3.05, 3.63) is 94.8 Å². The van der Waals surface area contributed by atoms with Gasteiger partial charge in [0.25, 0.3) is 10.1 Å². The Morgan fingerprint density at radius 1 is 1.06 bits per heavy atom. The fourth-order valence-corrected chi connectivity index (χ4v) is 5.06. The van der Waals surface area contributed by atoms with Gasteiger partial charge in [0.2, 0.25) is 0 Å².